The third kappa shape index (κ3) is 4.01. The molecule has 0 aromatic heterocycles. The van der Waals surface area contributed by atoms with Crippen LogP contribution in [0.15, 0.2) is 30.3 Å². The van der Waals surface area contributed by atoms with Gasteiger partial charge in [0, 0.05) is 12.6 Å². The summed E-state index contributed by atoms with van der Waals surface area (Å²) in [4.78, 5) is 42.4. The van der Waals surface area contributed by atoms with Gasteiger partial charge in [0.1, 0.15) is 11.6 Å². The van der Waals surface area contributed by atoms with E-state index < -0.39 is 29.5 Å². The molecule has 3 heterocycles. The second kappa shape index (κ2) is 10.0. The Morgan fingerprint density at radius 1 is 1.21 bits per heavy atom. The minimum absolute atomic E-state index is 0.0588. The van der Waals surface area contributed by atoms with E-state index in [1.807, 2.05) is 44.2 Å². The molecule has 3 amide bonds. The van der Waals surface area contributed by atoms with E-state index in [-0.39, 0.29) is 36.5 Å². The van der Waals surface area contributed by atoms with Crippen molar-refractivity contribution in [1.82, 2.24) is 15.5 Å². The van der Waals surface area contributed by atoms with Crippen LogP contribution in [0.2, 0.25) is 0 Å². The van der Waals surface area contributed by atoms with E-state index in [1.165, 1.54) is 4.90 Å². The molecule has 1 aromatic carbocycles. The van der Waals surface area contributed by atoms with Crippen molar-refractivity contribution in [3.63, 3.8) is 0 Å². The molecular weight excluding hydrogens is 434 g/mol. The van der Waals surface area contributed by atoms with Gasteiger partial charge in [0.05, 0.1) is 30.6 Å². The van der Waals surface area contributed by atoms with Crippen molar-refractivity contribution >= 4 is 17.7 Å². The zero-order valence-electron chi connectivity index (χ0n) is 20.3. The van der Waals surface area contributed by atoms with Gasteiger partial charge in [0.15, 0.2) is 0 Å². The summed E-state index contributed by atoms with van der Waals surface area (Å²) in [7, 11) is 0. The molecular formula is C26H37N3O5. The molecule has 1 aromatic rings. The number of ether oxygens (including phenoxy) is 1. The molecule has 8 heteroatoms. The average molecular weight is 472 g/mol. The van der Waals surface area contributed by atoms with Gasteiger partial charge in [0.25, 0.3) is 0 Å². The first kappa shape index (κ1) is 24.7. The lowest BCUT2D eigenvalue weighted by molar-refractivity contribution is -0.146. The zero-order chi connectivity index (χ0) is 24.5. The smallest absolute Gasteiger partial charge is 0.246 e. The number of nitrogens with one attached hydrogen (secondary N) is 2. The first-order chi connectivity index (χ1) is 16.4. The van der Waals surface area contributed by atoms with E-state index in [0.717, 1.165) is 24.8 Å². The Morgan fingerprint density at radius 3 is 2.59 bits per heavy atom. The summed E-state index contributed by atoms with van der Waals surface area (Å²) >= 11 is 0. The quantitative estimate of drug-likeness (QED) is 0.483. The number of carbonyl (C=O) groups excluding carboxylic acids is 3. The Labute approximate surface area is 201 Å². The predicted octanol–water partition coefficient (Wildman–Crippen LogP) is 1.93. The highest BCUT2D eigenvalue weighted by Crippen LogP contribution is 2.59. The lowest BCUT2D eigenvalue weighted by Crippen LogP contribution is -2.57. The average Bonchev–Trinajstić information content (AvgIpc) is 3.46. The van der Waals surface area contributed by atoms with Gasteiger partial charge in [-0.15, -0.1) is 0 Å². The molecule has 3 N–H and O–H groups in total. The molecule has 1 spiro atoms. The van der Waals surface area contributed by atoms with Crippen LogP contribution in [0.25, 0.3) is 0 Å². The molecule has 186 valence electrons. The van der Waals surface area contributed by atoms with Crippen molar-refractivity contribution in [3.8, 4) is 0 Å². The number of nitrogens with zero attached hydrogens (tertiary/aromatic N) is 1. The van der Waals surface area contributed by atoms with Crippen molar-refractivity contribution in [2.45, 2.75) is 82.7 Å². The van der Waals surface area contributed by atoms with Crippen molar-refractivity contribution < 1.29 is 24.2 Å². The van der Waals surface area contributed by atoms with Gasteiger partial charge in [-0.05, 0) is 38.2 Å². The normalized spacial score (nSPS) is 31.3. The van der Waals surface area contributed by atoms with Crippen LogP contribution < -0.4 is 10.6 Å². The molecule has 7 atom stereocenters. The highest BCUT2D eigenvalue weighted by Gasteiger charge is 2.75. The van der Waals surface area contributed by atoms with Crippen LogP contribution in [0.5, 0.6) is 0 Å². The molecule has 3 fully saturated rings. The molecule has 3 aliphatic heterocycles. The molecule has 34 heavy (non-hydrogen) atoms. The van der Waals surface area contributed by atoms with Gasteiger partial charge in [-0.1, -0.05) is 50.6 Å². The highest BCUT2D eigenvalue weighted by atomic mass is 16.5. The van der Waals surface area contributed by atoms with Gasteiger partial charge >= 0.3 is 0 Å². The lowest BCUT2D eigenvalue weighted by Gasteiger charge is -2.37. The number of hydrogen-bond donors (Lipinski definition) is 3. The van der Waals surface area contributed by atoms with E-state index in [1.54, 1.807) is 0 Å². The number of hydrogen-bond acceptors (Lipinski definition) is 5. The second-order valence-corrected chi connectivity index (χ2v) is 9.90. The predicted molar refractivity (Wildman–Crippen MR) is 127 cm³/mol. The minimum atomic E-state index is -1.06. The van der Waals surface area contributed by atoms with Crippen molar-refractivity contribution in [1.29, 1.82) is 0 Å². The van der Waals surface area contributed by atoms with Crippen LogP contribution in [0.3, 0.4) is 0 Å². The number of rotatable bonds is 10. The summed E-state index contributed by atoms with van der Waals surface area (Å²) in [5, 5.41) is 16.4. The molecule has 8 nitrogen and oxygen atoms in total. The van der Waals surface area contributed by atoms with Crippen LogP contribution in [0.4, 0.5) is 0 Å². The molecule has 3 saturated heterocycles. The largest absolute Gasteiger partial charge is 0.394 e. The number of carbonyl (C=O) groups is 3. The third-order valence-electron chi connectivity index (χ3n) is 7.64. The van der Waals surface area contributed by atoms with Crippen LogP contribution in [-0.2, 0) is 19.1 Å². The van der Waals surface area contributed by atoms with Crippen LogP contribution >= 0.6 is 0 Å². The van der Waals surface area contributed by atoms with Crippen molar-refractivity contribution in [2.75, 3.05) is 13.2 Å². The molecule has 3 aliphatic rings. The first-order valence-corrected chi connectivity index (χ1v) is 12.6. The summed E-state index contributed by atoms with van der Waals surface area (Å²) < 4.78 is 6.44. The Hall–Kier alpha value is -2.45. The molecule has 0 aliphatic carbocycles. The van der Waals surface area contributed by atoms with Crippen LogP contribution in [0, 0.1) is 11.8 Å². The highest BCUT2D eigenvalue weighted by molar-refractivity contribution is 5.99. The summed E-state index contributed by atoms with van der Waals surface area (Å²) in [6.45, 7) is 6.18. The van der Waals surface area contributed by atoms with Crippen molar-refractivity contribution in [3.05, 3.63) is 35.9 Å². The van der Waals surface area contributed by atoms with Crippen LogP contribution in [-0.4, -0.2) is 64.7 Å². The van der Waals surface area contributed by atoms with E-state index >= 15 is 0 Å². The van der Waals surface area contributed by atoms with E-state index in [9.17, 15) is 19.5 Å². The lowest BCUT2D eigenvalue weighted by atomic mass is 9.70. The molecule has 0 radical (unpaired) electrons. The summed E-state index contributed by atoms with van der Waals surface area (Å²) in [6.07, 6.45) is 3.32. The standard InChI is InChI=1S/C26H37N3O5/c1-4-9-16(3)28-24(32)22-26-13-12-19(34-26)20(23(31)27-14-5-2)21(26)25(33)29(22)18(15-30)17-10-7-6-8-11-17/h6-8,10-11,16,18-22,30H,4-5,9,12-15H2,1-3H3,(H,27,31)(H,28,32)/t16?,18-,19-,20+,21+,22?,26?/m1/s1. The van der Waals surface area contributed by atoms with E-state index in [0.29, 0.717) is 19.4 Å². The van der Waals surface area contributed by atoms with Crippen molar-refractivity contribution in [2.24, 2.45) is 11.8 Å². The maximum absolute atomic E-state index is 14.0. The van der Waals surface area contributed by atoms with Gasteiger partial charge < -0.3 is 25.4 Å². The first-order valence-electron chi connectivity index (χ1n) is 12.6. The fourth-order valence-electron chi connectivity index (χ4n) is 6.25. The molecule has 0 saturated carbocycles. The van der Waals surface area contributed by atoms with Gasteiger partial charge in [-0.25, -0.2) is 0 Å². The maximum atomic E-state index is 14.0. The third-order valence-corrected chi connectivity index (χ3v) is 7.64. The van der Waals surface area contributed by atoms with Gasteiger partial charge in [0.2, 0.25) is 17.7 Å². The second-order valence-electron chi connectivity index (χ2n) is 9.90. The number of likely N-dealkylation sites (tertiary alicyclic amines) is 1. The number of aliphatic hydroxyl groups excluding tert-OH is 1. The molecule has 4 rings (SSSR count). The monoisotopic (exact) mass is 471 g/mol. The van der Waals surface area contributed by atoms with E-state index in [4.69, 9.17) is 4.74 Å². The topological polar surface area (TPSA) is 108 Å². The number of aliphatic hydroxyl groups is 1. The minimum Gasteiger partial charge on any atom is -0.394 e. The van der Waals surface area contributed by atoms with E-state index in [2.05, 4.69) is 17.6 Å². The summed E-state index contributed by atoms with van der Waals surface area (Å²) in [5.74, 6) is -2.12. The molecule has 2 bridgehead atoms. The summed E-state index contributed by atoms with van der Waals surface area (Å²) in [5.41, 5.74) is -0.315. The Bertz CT molecular complexity index is 909. The van der Waals surface area contributed by atoms with Crippen LogP contribution in [0.1, 0.15) is 64.5 Å². The zero-order valence-corrected chi connectivity index (χ0v) is 20.3. The number of amides is 3. The summed E-state index contributed by atoms with van der Waals surface area (Å²) in [6, 6.07) is 7.58. The Balaban J connectivity index is 1.75. The number of benzene rings is 1. The SMILES string of the molecule is CCCNC(=O)[C@@H]1[C@H]2C(=O)N([C@H](CO)c3ccccc3)C(C(=O)NC(C)CCC)C23CC[C@H]1O3. The van der Waals surface area contributed by atoms with Gasteiger partial charge in [-0.3, -0.25) is 14.4 Å². The Kier molecular flexibility index (Phi) is 7.28. The van der Waals surface area contributed by atoms with Gasteiger partial charge in [-0.2, -0.15) is 0 Å². The molecule has 3 unspecified atom stereocenters. The fourth-order valence-corrected chi connectivity index (χ4v) is 6.25. The Morgan fingerprint density at radius 2 is 1.94 bits per heavy atom. The number of fused-ring (bicyclic) bond motifs is 1. The fraction of sp³-hybridized carbons (Fsp3) is 0.654. The maximum Gasteiger partial charge on any atom is 0.246 e.